The molecule has 0 unspecified atom stereocenters. The molecule has 3 rings (SSSR count). The highest BCUT2D eigenvalue weighted by Crippen LogP contribution is 2.18. The van der Waals surface area contributed by atoms with Crippen molar-refractivity contribution in [2.24, 2.45) is 5.92 Å². The largest absolute Gasteiger partial charge is 0.380 e. The molecule has 134 valence electrons. The van der Waals surface area contributed by atoms with Gasteiger partial charge in [0, 0.05) is 44.1 Å². The van der Waals surface area contributed by atoms with E-state index in [0.717, 1.165) is 18.8 Å². The Kier molecular flexibility index (Phi) is 5.72. The van der Waals surface area contributed by atoms with E-state index in [1.165, 1.54) is 12.4 Å². The van der Waals surface area contributed by atoms with E-state index in [1.807, 2.05) is 29.7 Å². The number of hydrogen-bond acceptors (Lipinski definition) is 6. The highest BCUT2D eigenvalue weighted by atomic mass is 16.5. The summed E-state index contributed by atoms with van der Waals surface area (Å²) in [6, 6.07) is 1.95. The number of nitrogens with zero attached hydrogens (tertiary/aromatic N) is 6. The maximum Gasteiger partial charge on any atom is 0.274 e. The van der Waals surface area contributed by atoms with Crippen LogP contribution in [0.5, 0.6) is 0 Å². The van der Waals surface area contributed by atoms with Gasteiger partial charge in [0.1, 0.15) is 5.69 Å². The molecule has 0 saturated carbocycles. The summed E-state index contributed by atoms with van der Waals surface area (Å²) in [7, 11) is 4.04. The van der Waals surface area contributed by atoms with Gasteiger partial charge in [-0.3, -0.25) is 14.5 Å². The molecule has 0 saturated heterocycles. The third-order valence-corrected chi connectivity index (χ3v) is 4.17. The topological polar surface area (TPSA) is 76.4 Å². The molecule has 1 aliphatic heterocycles. The smallest absolute Gasteiger partial charge is 0.274 e. The number of carbonyl (C=O) groups excluding carboxylic acids is 1. The minimum Gasteiger partial charge on any atom is -0.380 e. The summed E-state index contributed by atoms with van der Waals surface area (Å²) in [5, 5.41) is 4.38. The van der Waals surface area contributed by atoms with Crippen molar-refractivity contribution in [3.05, 3.63) is 42.2 Å². The molecule has 0 spiro atoms. The third-order valence-electron chi connectivity index (χ3n) is 4.17. The molecule has 1 atom stereocenters. The summed E-state index contributed by atoms with van der Waals surface area (Å²) in [6.07, 6.45) is 6.38. The van der Waals surface area contributed by atoms with E-state index in [1.54, 1.807) is 12.4 Å². The van der Waals surface area contributed by atoms with Gasteiger partial charge in [-0.25, -0.2) is 4.98 Å². The number of carbonyl (C=O) groups is 1. The molecule has 1 amide bonds. The fourth-order valence-electron chi connectivity index (χ4n) is 2.86. The van der Waals surface area contributed by atoms with Crippen LogP contribution in [0.15, 0.2) is 30.9 Å². The zero-order valence-electron chi connectivity index (χ0n) is 14.7. The zero-order valence-corrected chi connectivity index (χ0v) is 14.7. The maximum absolute atomic E-state index is 12.8. The lowest BCUT2D eigenvalue weighted by molar-refractivity contribution is 0.0556. The number of hydrogen-bond donors (Lipinski definition) is 0. The molecule has 0 radical (unpaired) electrons. The quantitative estimate of drug-likeness (QED) is 0.711. The minimum absolute atomic E-state index is 0.110. The second-order valence-corrected chi connectivity index (χ2v) is 6.53. The van der Waals surface area contributed by atoms with Gasteiger partial charge < -0.3 is 14.5 Å². The molecule has 0 N–H and O–H groups in total. The van der Waals surface area contributed by atoms with Crippen LogP contribution in [-0.4, -0.2) is 75.9 Å². The number of likely N-dealkylation sites (N-methyl/N-ethyl adjacent to an activating group) is 1. The second kappa shape index (κ2) is 8.17. The molecule has 8 nitrogen and oxygen atoms in total. The lowest BCUT2D eigenvalue weighted by Crippen LogP contribution is -2.36. The van der Waals surface area contributed by atoms with Gasteiger partial charge >= 0.3 is 0 Å². The zero-order chi connectivity index (χ0) is 17.6. The molecule has 3 heterocycles. The molecule has 0 aliphatic carbocycles. The second-order valence-electron chi connectivity index (χ2n) is 6.53. The van der Waals surface area contributed by atoms with E-state index in [2.05, 4.69) is 20.0 Å². The fraction of sp³-hybridized carbons (Fsp3) is 0.529. The average Bonchev–Trinajstić information content (AvgIpc) is 2.97. The van der Waals surface area contributed by atoms with Crippen molar-refractivity contribution in [3.8, 4) is 0 Å². The highest BCUT2D eigenvalue weighted by molar-refractivity contribution is 5.91. The minimum atomic E-state index is -0.110. The molecule has 1 aliphatic rings. The first-order valence-corrected chi connectivity index (χ1v) is 8.42. The summed E-state index contributed by atoms with van der Waals surface area (Å²) < 4.78 is 7.78. The van der Waals surface area contributed by atoms with Gasteiger partial charge in [0.05, 0.1) is 31.6 Å². The molecule has 0 aromatic carbocycles. The Labute approximate surface area is 147 Å². The molecule has 0 bridgehead atoms. The Balaban J connectivity index is 1.69. The molecule has 0 fully saturated rings. The van der Waals surface area contributed by atoms with Gasteiger partial charge in [0.2, 0.25) is 0 Å². The van der Waals surface area contributed by atoms with Crippen molar-refractivity contribution >= 4 is 5.91 Å². The number of amides is 1. The van der Waals surface area contributed by atoms with Gasteiger partial charge in [-0.2, -0.15) is 5.10 Å². The van der Waals surface area contributed by atoms with Crippen LogP contribution in [-0.2, 0) is 17.8 Å². The molecule has 25 heavy (non-hydrogen) atoms. The monoisotopic (exact) mass is 344 g/mol. The van der Waals surface area contributed by atoms with Crippen LogP contribution in [0.1, 0.15) is 16.2 Å². The Morgan fingerprint density at radius 1 is 1.32 bits per heavy atom. The van der Waals surface area contributed by atoms with Gasteiger partial charge in [0.25, 0.3) is 5.91 Å². The Morgan fingerprint density at radius 3 is 2.96 bits per heavy atom. The molecular weight excluding hydrogens is 320 g/mol. The summed E-state index contributed by atoms with van der Waals surface area (Å²) in [6.45, 7) is 4.02. The van der Waals surface area contributed by atoms with Gasteiger partial charge in [-0.1, -0.05) is 0 Å². The number of aromatic nitrogens is 4. The number of fused-ring (bicyclic) bond motifs is 1. The van der Waals surface area contributed by atoms with Crippen LogP contribution in [0, 0.1) is 5.92 Å². The van der Waals surface area contributed by atoms with Crippen molar-refractivity contribution in [1.29, 1.82) is 0 Å². The van der Waals surface area contributed by atoms with Crippen molar-refractivity contribution < 1.29 is 9.53 Å². The van der Waals surface area contributed by atoms with Crippen LogP contribution in [0.2, 0.25) is 0 Å². The standard InChI is InChI=1S/C17H24N6O2/c1-21(2)7-8-25-13-14-10-22(12-15-3-4-20-23(15)11-14)17(24)16-9-18-5-6-19-16/h3-6,9,14H,7-8,10-13H2,1-2H3/t14-/m1/s1. The lowest BCUT2D eigenvalue weighted by atomic mass is 10.1. The summed E-state index contributed by atoms with van der Waals surface area (Å²) in [5.74, 6) is 0.0741. The molecule has 2 aromatic rings. The summed E-state index contributed by atoms with van der Waals surface area (Å²) in [4.78, 5) is 24.8. The molecule has 2 aromatic heterocycles. The van der Waals surface area contributed by atoms with E-state index in [-0.39, 0.29) is 11.8 Å². The van der Waals surface area contributed by atoms with Crippen LogP contribution >= 0.6 is 0 Å². The normalized spacial score (nSPS) is 17.4. The fourth-order valence-corrected chi connectivity index (χ4v) is 2.86. The Bertz CT molecular complexity index is 687. The lowest BCUT2D eigenvalue weighted by Gasteiger charge is -2.24. The number of rotatable bonds is 6. The van der Waals surface area contributed by atoms with Crippen molar-refractivity contribution in [2.75, 3.05) is 40.4 Å². The highest BCUT2D eigenvalue weighted by Gasteiger charge is 2.27. The van der Waals surface area contributed by atoms with Crippen LogP contribution in [0.25, 0.3) is 0 Å². The summed E-state index contributed by atoms with van der Waals surface area (Å²) >= 11 is 0. The van der Waals surface area contributed by atoms with Crippen molar-refractivity contribution in [3.63, 3.8) is 0 Å². The van der Waals surface area contributed by atoms with E-state index in [9.17, 15) is 4.79 Å². The predicted molar refractivity (Wildman–Crippen MR) is 91.9 cm³/mol. The molecular formula is C17H24N6O2. The van der Waals surface area contributed by atoms with E-state index >= 15 is 0 Å². The summed E-state index contributed by atoms with van der Waals surface area (Å²) in [5.41, 5.74) is 1.38. The van der Waals surface area contributed by atoms with Crippen LogP contribution in [0.4, 0.5) is 0 Å². The first-order valence-electron chi connectivity index (χ1n) is 8.42. The first-order chi connectivity index (χ1) is 12.1. The van der Waals surface area contributed by atoms with E-state index in [4.69, 9.17) is 4.74 Å². The van der Waals surface area contributed by atoms with Crippen molar-refractivity contribution in [1.82, 2.24) is 29.5 Å². The van der Waals surface area contributed by atoms with E-state index < -0.39 is 0 Å². The van der Waals surface area contributed by atoms with E-state index in [0.29, 0.717) is 32.0 Å². The Hall–Kier alpha value is -2.32. The van der Waals surface area contributed by atoms with Gasteiger partial charge in [-0.15, -0.1) is 0 Å². The SMILES string of the molecule is CN(C)CCOC[C@@H]1CN(C(=O)c2cnccn2)Cc2ccnn2C1. The van der Waals surface area contributed by atoms with Crippen LogP contribution in [0.3, 0.4) is 0 Å². The predicted octanol–water partition coefficient (Wildman–Crippen LogP) is 0.524. The van der Waals surface area contributed by atoms with Gasteiger partial charge in [-0.05, 0) is 20.2 Å². The third kappa shape index (κ3) is 4.61. The average molecular weight is 344 g/mol. The number of ether oxygens (including phenoxy) is 1. The maximum atomic E-state index is 12.8. The van der Waals surface area contributed by atoms with Gasteiger partial charge in [0.15, 0.2) is 0 Å². The van der Waals surface area contributed by atoms with Crippen LogP contribution < -0.4 is 0 Å². The molecule has 8 heteroatoms. The Morgan fingerprint density at radius 2 is 2.20 bits per heavy atom. The van der Waals surface area contributed by atoms with Crippen molar-refractivity contribution in [2.45, 2.75) is 13.1 Å². The first kappa shape index (κ1) is 17.5.